The quantitative estimate of drug-likeness (QED) is 0.804. The Morgan fingerprint density at radius 1 is 1.47 bits per heavy atom. The van der Waals surface area contributed by atoms with E-state index >= 15 is 0 Å². The molecule has 0 saturated carbocycles. The fourth-order valence-corrected chi connectivity index (χ4v) is 2.53. The summed E-state index contributed by atoms with van der Waals surface area (Å²) in [4.78, 5) is 2.21. The SMILES string of the molecule is CN(CCS(C)(=O)=O)Cc1ccc(C(N)=S)cc1Cl. The predicted molar refractivity (Wildman–Crippen MR) is 83.4 cm³/mol. The van der Waals surface area contributed by atoms with Gasteiger partial charge in [0, 0.05) is 29.9 Å². The van der Waals surface area contributed by atoms with Gasteiger partial charge in [0.15, 0.2) is 0 Å². The summed E-state index contributed by atoms with van der Waals surface area (Å²) in [5.41, 5.74) is 7.16. The highest BCUT2D eigenvalue weighted by molar-refractivity contribution is 7.90. The molecule has 2 N–H and O–H groups in total. The minimum atomic E-state index is -2.95. The van der Waals surface area contributed by atoms with Crippen molar-refractivity contribution in [2.24, 2.45) is 5.73 Å². The average molecular weight is 321 g/mol. The summed E-state index contributed by atoms with van der Waals surface area (Å²) >= 11 is 11.0. The van der Waals surface area contributed by atoms with E-state index in [9.17, 15) is 8.42 Å². The van der Waals surface area contributed by atoms with E-state index in [-0.39, 0.29) is 5.75 Å². The molecule has 0 aromatic heterocycles. The van der Waals surface area contributed by atoms with Gasteiger partial charge in [0.25, 0.3) is 0 Å². The van der Waals surface area contributed by atoms with E-state index in [1.807, 2.05) is 24.1 Å². The van der Waals surface area contributed by atoms with Crippen molar-refractivity contribution >= 4 is 38.6 Å². The lowest BCUT2D eigenvalue weighted by Gasteiger charge is -2.17. The molecule has 0 amide bonds. The number of sulfone groups is 1. The van der Waals surface area contributed by atoms with E-state index in [1.54, 1.807) is 6.07 Å². The van der Waals surface area contributed by atoms with Crippen LogP contribution in [0.1, 0.15) is 11.1 Å². The van der Waals surface area contributed by atoms with Crippen molar-refractivity contribution in [1.29, 1.82) is 0 Å². The molecular weight excluding hydrogens is 304 g/mol. The summed E-state index contributed by atoms with van der Waals surface area (Å²) in [5, 5.41) is 0.580. The zero-order valence-electron chi connectivity index (χ0n) is 10.9. The maximum Gasteiger partial charge on any atom is 0.148 e. The van der Waals surface area contributed by atoms with E-state index in [4.69, 9.17) is 29.6 Å². The predicted octanol–water partition coefficient (Wildman–Crippen LogP) is 1.45. The zero-order valence-corrected chi connectivity index (χ0v) is 13.3. The second-order valence-electron chi connectivity index (χ2n) is 4.54. The lowest BCUT2D eigenvalue weighted by Crippen LogP contribution is -2.25. The van der Waals surface area contributed by atoms with Crippen LogP contribution in [-0.4, -0.2) is 43.9 Å². The smallest absolute Gasteiger partial charge is 0.148 e. The molecule has 0 aliphatic carbocycles. The Kier molecular flexibility index (Phi) is 5.73. The molecule has 1 rings (SSSR count). The number of hydrogen-bond donors (Lipinski definition) is 1. The monoisotopic (exact) mass is 320 g/mol. The maximum absolute atomic E-state index is 11.1. The van der Waals surface area contributed by atoms with Crippen LogP contribution in [0.2, 0.25) is 5.02 Å². The average Bonchev–Trinajstić information content (AvgIpc) is 2.28. The molecule has 7 heteroatoms. The van der Waals surface area contributed by atoms with Gasteiger partial charge < -0.3 is 10.6 Å². The molecule has 0 atom stereocenters. The van der Waals surface area contributed by atoms with E-state index < -0.39 is 9.84 Å². The first kappa shape index (κ1) is 16.4. The van der Waals surface area contributed by atoms with Gasteiger partial charge in [-0.05, 0) is 18.7 Å². The van der Waals surface area contributed by atoms with Gasteiger partial charge in [-0.15, -0.1) is 0 Å². The van der Waals surface area contributed by atoms with Crippen LogP contribution >= 0.6 is 23.8 Å². The van der Waals surface area contributed by atoms with Gasteiger partial charge in [-0.25, -0.2) is 8.42 Å². The molecule has 0 aliphatic rings. The lowest BCUT2D eigenvalue weighted by atomic mass is 10.1. The van der Waals surface area contributed by atoms with Gasteiger partial charge in [-0.1, -0.05) is 36.0 Å². The molecular formula is C12H17ClN2O2S2. The summed E-state index contributed by atoms with van der Waals surface area (Å²) in [5.74, 6) is 0.131. The normalized spacial score (nSPS) is 11.8. The van der Waals surface area contributed by atoms with Crippen LogP contribution in [0.15, 0.2) is 18.2 Å². The van der Waals surface area contributed by atoms with Gasteiger partial charge in [0.2, 0.25) is 0 Å². The van der Waals surface area contributed by atoms with Crippen LogP contribution in [0, 0.1) is 0 Å². The Hall–Kier alpha value is -0.690. The number of rotatable bonds is 6. The summed E-state index contributed by atoms with van der Waals surface area (Å²) < 4.78 is 22.2. The van der Waals surface area contributed by atoms with E-state index in [0.29, 0.717) is 23.1 Å². The molecule has 106 valence electrons. The minimum absolute atomic E-state index is 0.131. The van der Waals surface area contributed by atoms with Crippen LogP contribution in [0.25, 0.3) is 0 Å². The third kappa shape index (κ3) is 5.86. The van der Waals surface area contributed by atoms with Crippen molar-refractivity contribution in [3.63, 3.8) is 0 Å². The molecule has 19 heavy (non-hydrogen) atoms. The molecule has 0 unspecified atom stereocenters. The van der Waals surface area contributed by atoms with Crippen molar-refractivity contribution in [3.05, 3.63) is 34.3 Å². The van der Waals surface area contributed by atoms with Gasteiger partial charge >= 0.3 is 0 Å². The number of benzene rings is 1. The third-order valence-electron chi connectivity index (χ3n) is 2.62. The topological polar surface area (TPSA) is 63.4 Å². The second kappa shape index (κ2) is 6.65. The number of nitrogens with zero attached hydrogens (tertiary/aromatic N) is 1. The molecule has 4 nitrogen and oxygen atoms in total. The van der Waals surface area contributed by atoms with E-state index in [2.05, 4.69) is 0 Å². The van der Waals surface area contributed by atoms with Crippen LogP contribution in [0.4, 0.5) is 0 Å². The van der Waals surface area contributed by atoms with Gasteiger partial charge in [0.1, 0.15) is 14.8 Å². The van der Waals surface area contributed by atoms with Gasteiger partial charge in [0.05, 0.1) is 5.75 Å². The van der Waals surface area contributed by atoms with Gasteiger partial charge in [-0.3, -0.25) is 0 Å². The molecule has 0 aliphatic heterocycles. The summed E-state index contributed by atoms with van der Waals surface area (Å²) in [6.07, 6.45) is 1.23. The van der Waals surface area contributed by atoms with Crippen molar-refractivity contribution in [2.75, 3.05) is 25.6 Å². The largest absolute Gasteiger partial charge is 0.389 e. The van der Waals surface area contributed by atoms with Crippen molar-refractivity contribution in [2.45, 2.75) is 6.54 Å². The van der Waals surface area contributed by atoms with Crippen molar-refractivity contribution in [3.8, 4) is 0 Å². The molecule has 0 bridgehead atoms. The molecule has 0 saturated heterocycles. The number of hydrogen-bond acceptors (Lipinski definition) is 4. The van der Waals surface area contributed by atoms with Crippen LogP contribution in [0.5, 0.6) is 0 Å². The van der Waals surface area contributed by atoms with Crippen LogP contribution in [0.3, 0.4) is 0 Å². The molecule has 0 heterocycles. The fourth-order valence-electron chi connectivity index (χ4n) is 1.52. The molecule has 1 aromatic rings. The van der Waals surface area contributed by atoms with Crippen molar-refractivity contribution in [1.82, 2.24) is 4.90 Å². The number of halogens is 1. The molecule has 0 fully saturated rings. The van der Waals surface area contributed by atoms with Gasteiger partial charge in [-0.2, -0.15) is 0 Å². The lowest BCUT2D eigenvalue weighted by molar-refractivity contribution is 0.346. The number of thiocarbonyl (C=S) groups is 1. The Morgan fingerprint density at radius 3 is 2.58 bits per heavy atom. The first-order valence-electron chi connectivity index (χ1n) is 5.63. The second-order valence-corrected chi connectivity index (χ2v) is 7.64. The zero-order chi connectivity index (χ0) is 14.6. The highest BCUT2D eigenvalue weighted by atomic mass is 35.5. The first-order chi connectivity index (χ1) is 8.69. The van der Waals surface area contributed by atoms with E-state index in [0.717, 1.165) is 11.1 Å². The Bertz CT molecular complexity index is 573. The summed E-state index contributed by atoms with van der Waals surface area (Å²) in [6, 6.07) is 5.39. The molecule has 0 spiro atoms. The standard InChI is InChI=1S/C12H17ClN2O2S2/c1-15(5-6-19(2,16)17)8-10-4-3-9(12(14)18)7-11(10)13/h3-4,7H,5-6,8H2,1-2H3,(H2,14,18). The first-order valence-corrected chi connectivity index (χ1v) is 8.48. The summed E-state index contributed by atoms with van der Waals surface area (Å²) in [6.45, 7) is 1.04. The Balaban J connectivity index is 2.69. The Labute approximate surface area is 124 Å². The number of nitrogens with two attached hydrogens (primary N) is 1. The minimum Gasteiger partial charge on any atom is -0.389 e. The van der Waals surface area contributed by atoms with Crippen LogP contribution in [-0.2, 0) is 16.4 Å². The fraction of sp³-hybridized carbons (Fsp3) is 0.417. The highest BCUT2D eigenvalue weighted by Gasteiger charge is 2.09. The van der Waals surface area contributed by atoms with Crippen LogP contribution < -0.4 is 5.73 Å². The maximum atomic E-state index is 11.1. The summed E-state index contributed by atoms with van der Waals surface area (Å²) in [7, 11) is -1.10. The van der Waals surface area contributed by atoms with E-state index in [1.165, 1.54) is 6.26 Å². The molecule has 0 radical (unpaired) electrons. The Morgan fingerprint density at radius 2 is 2.11 bits per heavy atom. The third-order valence-corrected chi connectivity index (χ3v) is 4.13. The van der Waals surface area contributed by atoms with Crippen molar-refractivity contribution < 1.29 is 8.42 Å². The highest BCUT2D eigenvalue weighted by Crippen LogP contribution is 2.19. The molecule has 1 aromatic carbocycles.